The summed E-state index contributed by atoms with van der Waals surface area (Å²) in [5, 5.41) is 1.21. The first-order valence-electron chi connectivity index (χ1n) is 8.37. The van der Waals surface area contributed by atoms with E-state index in [0.29, 0.717) is 19.3 Å². The van der Waals surface area contributed by atoms with Gasteiger partial charge in [-0.05, 0) is 66.7 Å². The second-order valence-electron chi connectivity index (χ2n) is 8.20. The lowest BCUT2D eigenvalue weighted by atomic mass is 10.1. The summed E-state index contributed by atoms with van der Waals surface area (Å²) < 4.78 is 10.6. The fraction of sp³-hybridized carbons (Fsp3) is 0.824. The molecule has 0 radical (unpaired) electrons. The number of ether oxygens (including phenoxy) is 2. The zero-order valence-corrected chi connectivity index (χ0v) is 15.5. The van der Waals surface area contributed by atoms with E-state index in [2.05, 4.69) is 5.43 Å². The molecule has 1 fully saturated rings. The van der Waals surface area contributed by atoms with Crippen LogP contribution in [0.25, 0.3) is 0 Å². The van der Waals surface area contributed by atoms with Gasteiger partial charge in [0, 0.05) is 6.42 Å². The third-order valence-electron chi connectivity index (χ3n) is 3.51. The van der Waals surface area contributed by atoms with Crippen molar-refractivity contribution in [1.82, 2.24) is 10.4 Å². The largest absolute Gasteiger partial charge is 0.443 e. The van der Waals surface area contributed by atoms with Gasteiger partial charge in [0.25, 0.3) is 0 Å². The molecule has 7 nitrogen and oxygen atoms in total. The van der Waals surface area contributed by atoms with Gasteiger partial charge in [-0.25, -0.2) is 20.0 Å². The number of nitrogens with one attached hydrogen (secondary N) is 1. The smallest absolute Gasteiger partial charge is 0.429 e. The van der Waals surface area contributed by atoms with Gasteiger partial charge in [0.2, 0.25) is 0 Å². The fourth-order valence-corrected chi connectivity index (χ4v) is 2.63. The van der Waals surface area contributed by atoms with E-state index in [9.17, 15) is 14.4 Å². The Kier molecular flexibility index (Phi) is 6.63. The van der Waals surface area contributed by atoms with Crippen molar-refractivity contribution < 1.29 is 23.9 Å². The third kappa shape index (κ3) is 7.19. The molecule has 0 bridgehead atoms. The Bertz CT molecular complexity index is 465. The van der Waals surface area contributed by atoms with Crippen molar-refractivity contribution in [2.24, 2.45) is 5.92 Å². The average molecular weight is 342 g/mol. The van der Waals surface area contributed by atoms with Gasteiger partial charge in [-0.1, -0.05) is 0 Å². The SMILES string of the molecule is CC(C)(C)OC(=O)NN(C(=O)OC(C)(C)C)C1CC[C@@H](CC=O)C1. The van der Waals surface area contributed by atoms with Gasteiger partial charge in [0.1, 0.15) is 17.5 Å². The predicted molar refractivity (Wildman–Crippen MR) is 89.3 cm³/mol. The molecule has 1 aliphatic carbocycles. The van der Waals surface area contributed by atoms with E-state index in [1.807, 2.05) is 0 Å². The lowest BCUT2D eigenvalue weighted by Crippen LogP contribution is -2.53. The zero-order valence-electron chi connectivity index (χ0n) is 15.5. The van der Waals surface area contributed by atoms with Crippen LogP contribution >= 0.6 is 0 Å². The van der Waals surface area contributed by atoms with Gasteiger partial charge in [-0.3, -0.25) is 0 Å². The Morgan fingerprint density at radius 2 is 1.67 bits per heavy atom. The molecule has 1 unspecified atom stereocenters. The van der Waals surface area contributed by atoms with Gasteiger partial charge >= 0.3 is 12.2 Å². The van der Waals surface area contributed by atoms with Crippen molar-refractivity contribution in [3.63, 3.8) is 0 Å². The molecular weight excluding hydrogens is 312 g/mol. The van der Waals surface area contributed by atoms with E-state index >= 15 is 0 Å². The molecule has 1 aliphatic rings. The first-order chi connectivity index (χ1) is 10.9. The fourth-order valence-electron chi connectivity index (χ4n) is 2.63. The van der Waals surface area contributed by atoms with Gasteiger partial charge in [0.05, 0.1) is 6.04 Å². The molecule has 0 aromatic heterocycles. The molecule has 1 saturated carbocycles. The summed E-state index contributed by atoms with van der Waals surface area (Å²) in [6.07, 6.45) is 2.22. The van der Waals surface area contributed by atoms with E-state index in [1.54, 1.807) is 41.5 Å². The molecule has 138 valence electrons. The van der Waals surface area contributed by atoms with Crippen LogP contribution in [0, 0.1) is 5.92 Å². The highest BCUT2D eigenvalue weighted by Gasteiger charge is 2.36. The minimum Gasteiger partial charge on any atom is -0.443 e. The van der Waals surface area contributed by atoms with Crippen molar-refractivity contribution in [1.29, 1.82) is 0 Å². The first-order valence-corrected chi connectivity index (χ1v) is 8.37. The minimum absolute atomic E-state index is 0.211. The van der Waals surface area contributed by atoms with Crippen molar-refractivity contribution in [3.8, 4) is 0 Å². The number of carbonyl (C=O) groups is 3. The number of aldehydes is 1. The van der Waals surface area contributed by atoms with Crippen LogP contribution in [0.15, 0.2) is 0 Å². The second-order valence-corrected chi connectivity index (χ2v) is 8.20. The first kappa shape index (κ1) is 20.3. The summed E-state index contributed by atoms with van der Waals surface area (Å²) in [5.41, 5.74) is 1.17. The standard InChI is InChI=1S/C17H30N2O5/c1-16(2,3)23-14(21)18-19(15(22)24-17(4,5)6)13-8-7-12(11-13)9-10-20/h10,12-13H,7-9,11H2,1-6H3,(H,18,21)/t12-,13?/m0/s1. The summed E-state index contributed by atoms with van der Waals surface area (Å²) in [6, 6.07) is -0.211. The normalized spacial score (nSPS) is 21.1. The molecule has 7 heteroatoms. The quantitative estimate of drug-likeness (QED) is 0.627. The summed E-state index contributed by atoms with van der Waals surface area (Å²) in [6.45, 7) is 10.5. The van der Waals surface area contributed by atoms with Crippen molar-refractivity contribution in [2.45, 2.75) is 84.5 Å². The van der Waals surface area contributed by atoms with Crippen LogP contribution < -0.4 is 5.43 Å². The van der Waals surface area contributed by atoms with Crippen LogP contribution in [0.2, 0.25) is 0 Å². The lowest BCUT2D eigenvalue weighted by Gasteiger charge is -2.32. The summed E-state index contributed by atoms with van der Waals surface area (Å²) in [5.74, 6) is 0.220. The molecule has 24 heavy (non-hydrogen) atoms. The number of hydrazine groups is 1. The molecule has 0 spiro atoms. The number of hydrogen-bond acceptors (Lipinski definition) is 5. The Hall–Kier alpha value is -1.79. The van der Waals surface area contributed by atoms with Crippen molar-refractivity contribution >= 4 is 18.5 Å². The van der Waals surface area contributed by atoms with Crippen LogP contribution in [0.5, 0.6) is 0 Å². The highest BCUT2D eigenvalue weighted by Crippen LogP contribution is 2.31. The predicted octanol–water partition coefficient (Wildman–Crippen LogP) is 3.42. The maximum atomic E-state index is 12.5. The molecule has 1 N–H and O–H groups in total. The number of carbonyl (C=O) groups excluding carboxylic acids is 3. The molecule has 0 aromatic rings. The van der Waals surface area contributed by atoms with E-state index in [-0.39, 0.29) is 12.0 Å². The second kappa shape index (κ2) is 7.85. The molecule has 2 amide bonds. The Morgan fingerprint density at radius 3 is 2.17 bits per heavy atom. The monoisotopic (exact) mass is 342 g/mol. The number of nitrogens with zero attached hydrogens (tertiary/aromatic N) is 1. The summed E-state index contributed by atoms with van der Waals surface area (Å²) in [4.78, 5) is 35.2. The minimum atomic E-state index is -0.702. The summed E-state index contributed by atoms with van der Waals surface area (Å²) in [7, 11) is 0. The molecule has 1 rings (SSSR count). The molecule has 2 atom stereocenters. The van der Waals surface area contributed by atoms with Crippen LogP contribution in [0.4, 0.5) is 9.59 Å². The maximum absolute atomic E-state index is 12.5. The number of amides is 2. The average Bonchev–Trinajstić information content (AvgIpc) is 2.80. The molecule has 0 aromatic carbocycles. The summed E-state index contributed by atoms with van der Waals surface area (Å²) >= 11 is 0. The zero-order chi connectivity index (χ0) is 18.5. The van der Waals surface area contributed by atoms with E-state index in [4.69, 9.17) is 9.47 Å². The van der Waals surface area contributed by atoms with Crippen molar-refractivity contribution in [3.05, 3.63) is 0 Å². The van der Waals surface area contributed by atoms with E-state index < -0.39 is 23.4 Å². The topological polar surface area (TPSA) is 84.9 Å². The molecule has 0 saturated heterocycles. The number of hydrogen-bond donors (Lipinski definition) is 1. The Balaban J connectivity index is 2.82. The van der Waals surface area contributed by atoms with Crippen LogP contribution in [-0.4, -0.2) is 40.7 Å². The van der Waals surface area contributed by atoms with Crippen LogP contribution in [-0.2, 0) is 14.3 Å². The third-order valence-corrected chi connectivity index (χ3v) is 3.51. The van der Waals surface area contributed by atoms with Crippen molar-refractivity contribution in [2.75, 3.05) is 0 Å². The lowest BCUT2D eigenvalue weighted by molar-refractivity contribution is -0.108. The Labute approximate surface area is 144 Å². The van der Waals surface area contributed by atoms with E-state index in [0.717, 1.165) is 12.7 Å². The van der Waals surface area contributed by atoms with Gasteiger partial charge in [-0.2, -0.15) is 0 Å². The molecule has 0 aliphatic heterocycles. The van der Waals surface area contributed by atoms with Gasteiger partial charge < -0.3 is 14.3 Å². The van der Waals surface area contributed by atoms with Gasteiger partial charge in [-0.15, -0.1) is 0 Å². The Morgan fingerprint density at radius 1 is 1.08 bits per heavy atom. The maximum Gasteiger partial charge on any atom is 0.429 e. The van der Waals surface area contributed by atoms with Crippen LogP contribution in [0.1, 0.15) is 67.2 Å². The highest BCUT2D eigenvalue weighted by molar-refractivity contribution is 5.74. The molecule has 0 heterocycles. The van der Waals surface area contributed by atoms with Crippen LogP contribution in [0.3, 0.4) is 0 Å². The van der Waals surface area contributed by atoms with E-state index in [1.165, 1.54) is 5.01 Å². The molecular formula is C17H30N2O5. The number of rotatable bonds is 3. The van der Waals surface area contributed by atoms with Gasteiger partial charge in [0.15, 0.2) is 0 Å². The highest BCUT2D eigenvalue weighted by atomic mass is 16.6.